The van der Waals surface area contributed by atoms with E-state index in [-0.39, 0.29) is 17.4 Å². The van der Waals surface area contributed by atoms with Gasteiger partial charge >= 0.3 is 6.09 Å². The van der Waals surface area contributed by atoms with Crippen molar-refractivity contribution in [3.8, 4) is 0 Å². The van der Waals surface area contributed by atoms with Crippen LogP contribution in [0.1, 0.15) is 46.1 Å². The summed E-state index contributed by atoms with van der Waals surface area (Å²) in [5.41, 5.74) is -0.142. The van der Waals surface area contributed by atoms with Crippen molar-refractivity contribution in [1.29, 1.82) is 0 Å². The van der Waals surface area contributed by atoms with Crippen LogP contribution in [0.3, 0.4) is 0 Å². The van der Waals surface area contributed by atoms with Crippen LogP contribution in [0.4, 0.5) is 16.3 Å². The molecule has 0 radical (unpaired) electrons. The molecule has 7 nitrogen and oxygen atoms in total. The fourth-order valence-corrected chi connectivity index (χ4v) is 1.51. The average Bonchev–Trinajstić information content (AvgIpc) is 2.25. The number of nitro groups is 1. The van der Waals surface area contributed by atoms with Gasteiger partial charge in [-0.3, -0.25) is 15.4 Å². The first-order chi connectivity index (χ1) is 9.10. The highest BCUT2D eigenvalue weighted by atomic mass is 16.6. The lowest BCUT2D eigenvalue weighted by atomic mass is 10.0. The highest BCUT2D eigenvalue weighted by Gasteiger charge is 2.20. The van der Waals surface area contributed by atoms with Gasteiger partial charge in [0.05, 0.1) is 4.92 Å². The smallest absolute Gasteiger partial charge is 0.413 e. The largest absolute Gasteiger partial charge is 0.444 e. The van der Waals surface area contributed by atoms with Crippen molar-refractivity contribution in [3.05, 3.63) is 27.9 Å². The number of nitrogens with one attached hydrogen (secondary N) is 1. The van der Waals surface area contributed by atoms with Crippen LogP contribution in [0.2, 0.25) is 0 Å². The number of pyridine rings is 1. The molecule has 0 bridgehead atoms. The zero-order valence-electron chi connectivity index (χ0n) is 12.3. The molecule has 0 saturated heterocycles. The molecular formula is C13H19N3O4. The summed E-state index contributed by atoms with van der Waals surface area (Å²) < 4.78 is 5.13. The molecule has 110 valence electrons. The monoisotopic (exact) mass is 281 g/mol. The van der Waals surface area contributed by atoms with Crippen molar-refractivity contribution >= 4 is 17.6 Å². The molecule has 1 aromatic heterocycles. The van der Waals surface area contributed by atoms with Crippen molar-refractivity contribution in [3.63, 3.8) is 0 Å². The summed E-state index contributed by atoms with van der Waals surface area (Å²) in [7, 11) is 0. The highest BCUT2D eigenvalue weighted by molar-refractivity contribution is 5.84. The second-order valence-electron chi connectivity index (χ2n) is 5.67. The first-order valence-corrected chi connectivity index (χ1v) is 6.24. The molecular weight excluding hydrogens is 262 g/mol. The predicted molar refractivity (Wildman–Crippen MR) is 74.8 cm³/mol. The Kier molecular flexibility index (Phi) is 4.65. The zero-order valence-corrected chi connectivity index (χ0v) is 12.3. The van der Waals surface area contributed by atoms with E-state index >= 15 is 0 Å². The lowest BCUT2D eigenvalue weighted by Gasteiger charge is -2.20. The second-order valence-corrected chi connectivity index (χ2v) is 5.67. The maximum atomic E-state index is 11.7. The highest BCUT2D eigenvalue weighted by Crippen LogP contribution is 2.26. The quantitative estimate of drug-likeness (QED) is 0.676. The molecule has 0 fully saturated rings. The van der Waals surface area contributed by atoms with Crippen molar-refractivity contribution in [2.24, 2.45) is 0 Å². The summed E-state index contributed by atoms with van der Waals surface area (Å²) in [5.74, 6) is 0.257. The number of rotatable bonds is 3. The Morgan fingerprint density at radius 3 is 2.50 bits per heavy atom. The van der Waals surface area contributed by atoms with Gasteiger partial charge in [-0.05, 0) is 26.7 Å². The molecule has 1 N–H and O–H groups in total. The van der Waals surface area contributed by atoms with Gasteiger partial charge in [-0.15, -0.1) is 0 Å². The van der Waals surface area contributed by atoms with Gasteiger partial charge in [0.15, 0.2) is 0 Å². The summed E-state index contributed by atoms with van der Waals surface area (Å²) >= 11 is 0. The van der Waals surface area contributed by atoms with Crippen molar-refractivity contribution < 1.29 is 14.5 Å². The van der Waals surface area contributed by atoms with Gasteiger partial charge in [0.1, 0.15) is 17.6 Å². The van der Waals surface area contributed by atoms with Gasteiger partial charge in [-0.2, -0.15) is 0 Å². The molecule has 0 atom stereocenters. The van der Waals surface area contributed by atoms with Crippen LogP contribution in [0.25, 0.3) is 0 Å². The number of hydrogen-bond acceptors (Lipinski definition) is 5. The third kappa shape index (κ3) is 4.49. The summed E-state index contributed by atoms with van der Waals surface area (Å²) in [6.45, 7) is 8.97. The number of hydrogen-bond donors (Lipinski definition) is 1. The lowest BCUT2D eigenvalue weighted by Crippen LogP contribution is -2.28. The van der Waals surface area contributed by atoms with Crippen molar-refractivity contribution in [2.45, 2.75) is 46.1 Å². The van der Waals surface area contributed by atoms with E-state index in [9.17, 15) is 14.9 Å². The Bertz CT molecular complexity index is 521. The number of carbonyl (C=O) groups is 1. The Labute approximate surface area is 117 Å². The Morgan fingerprint density at radius 2 is 2.05 bits per heavy atom. The van der Waals surface area contributed by atoms with Gasteiger partial charge in [0.2, 0.25) is 0 Å². The lowest BCUT2D eigenvalue weighted by molar-refractivity contribution is -0.385. The molecule has 1 aromatic rings. The fourth-order valence-electron chi connectivity index (χ4n) is 1.51. The first kappa shape index (κ1) is 15.9. The maximum absolute atomic E-state index is 11.7. The predicted octanol–water partition coefficient (Wildman–Crippen LogP) is 3.46. The number of amides is 1. The van der Waals surface area contributed by atoms with Gasteiger partial charge < -0.3 is 4.74 Å². The van der Waals surface area contributed by atoms with Gasteiger partial charge in [-0.25, -0.2) is 9.78 Å². The molecule has 1 rings (SSSR count). The van der Waals surface area contributed by atoms with E-state index < -0.39 is 16.6 Å². The summed E-state index contributed by atoms with van der Waals surface area (Å²) in [5, 5.41) is 13.3. The fraction of sp³-hybridized carbons (Fsp3) is 0.538. The number of carbonyl (C=O) groups excluding carboxylic acids is 1. The zero-order chi connectivity index (χ0) is 15.5. The van der Waals surface area contributed by atoms with Crippen molar-refractivity contribution in [1.82, 2.24) is 4.98 Å². The standard InChI is InChI=1S/C13H19N3O4/c1-8(2)10-6-9(16(18)19)7-14-11(10)15-12(17)20-13(3,4)5/h6-8H,1-5H3,(H,14,15,17). The van der Waals surface area contributed by atoms with Crippen LogP contribution in [0, 0.1) is 10.1 Å². The van der Waals surface area contributed by atoms with Crippen molar-refractivity contribution in [2.75, 3.05) is 5.32 Å². The minimum absolute atomic E-state index is 0.0210. The van der Waals surface area contributed by atoms with Gasteiger partial charge in [-0.1, -0.05) is 13.8 Å². The molecule has 7 heteroatoms. The SMILES string of the molecule is CC(C)c1cc([N+](=O)[O-])cnc1NC(=O)OC(C)(C)C. The molecule has 0 aliphatic carbocycles. The van der Waals surface area contributed by atoms with E-state index in [1.807, 2.05) is 13.8 Å². The summed E-state index contributed by atoms with van der Waals surface area (Å²) in [6, 6.07) is 1.41. The minimum atomic E-state index is -0.638. The van der Waals surface area contributed by atoms with Gasteiger partial charge in [0, 0.05) is 11.6 Å². The molecule has 0 spiro atoms. The second kappa shape index (κ2) is 5.85. The number of aromatic nitrogens is 1. The van der Waals surface area contributed by atoms with Crippen LogP contribution in [-0.4, -0.2) is 21.6 Å². The van der Waals surface area contributed by atoms with E-state index in [0.717, 1.165) is 6.20 Å². The van der Waals surface area contributed by atoms with Crippen LogP contribution >= 0.6 is 0 Å². The normalized spacial score (nSPS) is 11.3. The Balaban J connectivity index is 3.00. The molecule has 0 saturated carbocycles. The maximum Gasteiger partial charge on any atom is 0.413 e. The van der Waals surface area contributed by atoms with E-state index in [0.29, 0.717) is 5.56 Å². The number of anilines is 1. The first-order valence-electron chi connectivity index (χ1n) is 6.24. The van der Waals surface area contributed by atoms with Crippen LogP contribution in [0.5, 0.6) is 0 Å². The molecule has 0 aliphatic rings. The summed E-state index contributed by atoms with van der Waals surface area (Å²) in [6.07, 6.45) is 0.472. The number of nitrogens with zero attached hydrogens (tertiary/aromatic N) is 2. The summed E-state index contributed by atoms with van der Waals surface area (Å²) in [4.78, 5) is 25.9. The average molecular weight is 281 g/mol. The molecule has 0 aromatic carbocycles. The third-order valence-electron chi connectivity index (χ3n) is 2.35. The van der Waals surface area contributed by atoms with E-state index in [4.69, 9.17) is 4.74 Å². The topological polar surface area (TPSA) is 94.4 Å². The van der Waals surface area contributed by atoms with E-state index in [1.165, 1.54) is 6.07 Å². The molecule has 1 amide bonds. The molecule has 0 aliphatic heterocycles. The van der Waals surface area contributed by atoms with Crippen LogP contribution in [0.15, 0.2) is 12.3 Å². The van der Waals surface area contributed by atoms with Gasteiger partial charge in [0.25, 0.3) is 5.69 Å². The van der Waals surface area contributed by atoms with E-state index in [2.05, 4.69) is 10.3 Å². The molecule has 20 heavy (non-hydrogen) atoms. The molecule has 1 heterocycles. The van der Waals surface area contributed by atoms with Crippen LogP contribution in [-0.2, 0) is 4.74 Å². The minimum Gasteiger partial charge on any atom is -0.444 e. The Hall–Kier alpha value is -2.18. The van der Waals surface area contributed by atoms with E-state index in [1.54, 1.807) is 20.8 Å². The third-order valence-corrected chi connectivity index (χ3v) is 2.35. The molecule has 0 unspecified atom stereocenters. The number of ether oxygens (including phenoxy) is 1. The Morgan fingerprint density at radius 1 is 1.45 bits per heavy atom. The van der Waals surface area contributed by atoms with Crippen LogP contribution < -0.4 is 5.32 Å².